The van der Waals surface area contributed by atoms with Gasteiger partial charge in [-0.25, -0.2) is 4.79 Å². The number of hydrogen-bond donors (Lipinski definition) is 2. The first kappa shape index (κ1) is 12.5. The molecule has 0 saturated heterocycles. The fraction of sp³-hybridized carbons (Fsp3) is 0.417. The van der Waals surface area contributed by atoms with E-state index < -0.39 is 12.1 Å². The Bertz CT molecular complexity index is 331. The third kappa shape index (κ3) is 3.55. The van der Waals surface area contributed by atoms with Gasteiger partial charge in [0.15, 0.2) is 6.10 Å². The highest BCUT2D eigenvalue weighted by atomic mass is 16.5. The van der Waals surface area contributed by atoms with Gasteiger partial charge in [-0.15, -0.1) is 0 Å². The van der Waals surface area contributed by atoms with Crippen molar-refractivity contribution in [3.05, 3.63) is 29.8 Å². The minimum absolute atomic E-state index is 0.357. The zero-order valence-corrected chi connectivity index (χ0v) is 9.22. The topological polar surface area (TPSA) is 66.8 Å². The van der Waals surface area contributed by atoms with Gasteiger partial charge < -0.3 is 14.9 Å². The van der Waals surface area contributed by atoms with Gasteiger partial charge in [0.25, 0.3) is 0 Å². The molecule has 88 valence electrons. The van der Waals surface area contributed by atoms with E-state index in [1.54, 1.807) is 24.3 Å². The fourth-order valence-corrected chi connectivity index (χ4v) is 1.22. The van der Waals surface area contributed by atoms with E-state index in [0.717, 1.165) is 12.8 Å². The molecule has 1 aromatic carbocycles. The first-order valence-corrected chi connectivity index (χ1v) is 5.28. The smallest absolute Gasteiger partial charge is 0.337 e. The zero-order chi connectivity index (χ0) is 12.0. The van der Waals surface area contributed by atoms with Gasteiger partial charge in [0.05, 0.1) is 6.61 Å². The number of ether oxygens (including phenoxy) is 1. The summed E-state index contributed by atoms with van der Waals surface area (Å²) in [5.41, 5.74) is 0.357. The van der Waals surface area contributed by atoms with Crippen LogP contribution in [0.5, 0.6) is 5.75 Å². The number of benzene rings is 1. The number of carboxylic acids is 1. The molecule has 0 aliphatic heterocycles. The highest BCUT2D eigenvalue weighted by molar-refractivity contribution is 5.74. The van der Waals surface area contributed by atoms with Crippen molar-refractivity contribution < 1.29 is 19.7 Å². The number of carboxylic acid groups (broad SMARTS) is 1. The first-order chi connectivity index (χ1) is 7.65. The summed E-state index contributed by atoms with van der Waals surface area (Å²) in [5.74, 6) is -0.561. The van der Waals surface area contributed by atoms with Crippen molar-refractivity contribution in [2.75, 3.05) is 6.61 Å². The van der Waals surface area contributed by atoms with E-state index in [4.69, 9.17) is 9.84 Å². The van der Waals surface area contributed by atoms with Crippen LogP contribution in [-0.2, 0) is 4.79 Å². The van der Waals surface area contributed by atoms with E-state index in [9.17, 15) is 9.90 Å². The van der Waals surface area contributed by atoms with Crippen LogP contribution in [0.15, 0.2) is 24.3 Å². The molecule has 2 N–H and O–H groups in total. The van der Waals surface area contributed by atoms with Crippen molar-refractivity contribution in [2.24, 2.45) is 0 Å². The highest BCUT2D eigenvalue weighted by Crippen LogP contribution is 2.18. The Hall–Kier alpha value is -1.55. The summed E-state index contributed by atoms with van der Waals surface area (Å²) < 4.78 is 5.41. The number of rotatable bonds is 6. The molecule has 0 fully saturated rings. The molecular formula is C12H16O4. The van der Waals surface area contributed by atoms with E-state index >= 15 is 0 Å². The van der Waals surface area contributed by atoms with Crippen LogP contribution in [0.1, 0.15) is 31.4 Å². The lowest BCUT2D eigenvalue weighted by molar-refractivity contribution is -0.146. The predicted molar refractivity (Wildman–Crippen MR) is 59.4 cm³/mol. The lowest BCUT2D eigenvalue weighted by Gasteiger charge is -2.08. The lowest BCUT2D eigenvalue weighted by Crippen LogP contribution is -2.10. The molecule has 1 rings (SSSR count). The van der Waals surface area contributed by atoms with Gasteiger partial charge in [0.1, 0.15) is 5.75 Å². The highest BCUT2D eigenvalue weighted by Gasteiger charge is 2.15. The second kappa shape index (κ2) is 6.12. The van der Waals surface area contributed by atoms with Gasteiger partial charge in [-0.3, -0.25) is 0 Å². The van der Waals surface area contributed by atoms with E-state index in [-0.39, 0.29) is 0 Å². The molecule has 0 aliphatic rings. The second-order valence-corrected chi connectivity index (χ2v) is 3.51. The number of aliphatic hydroxyl groups is 1. The molecule has 0 amide bonds. The van der Waals surface area contributed by atoms with Crippen molar-refractivity contribution in [3.8, 4) is 5.75 Å². The fourth-order valence-electron chi connectivity index (χ4n) is 1.22. The quantitative estimate of drug-likeness (QED) is 0.725. The monoisotopic (exact) mass is 224 g/mol. The molecule has 1 aromatic rings. The summed E-state index contributed by atoms with van der Waals surface area (Å²) in [6.45, 7) is 2.73. The maximum absolute atomic E-state index is 10.5. The summed E-state index contributed by atoms with van der Waals surface area (Å²) in [5, 5.41) is 17.9. The van der Waals surface area contributed by atoms with Crippen molar-refractivity contribution >= 4 is 5.97 Å². The minimum Gasteiger partial charge on any atom is -0.494 e. The van der Waals surface area contributed by atoms with Gasteiger partial charge in [-0.05, 0) is 24.1 Å². The summed E-state index contributed by atoms with van der Waals surface area (Å²) in [6, 6.07) is 6.44. The van der Waals surface area contributed by atoms with Gasteiger partial charge >= 0.3 is 5.97 Å². The van der Waals surface area contributed by atoms with Crippen molar-refractivity contribution in [3.63, 3.8) is 0 Å². The molecule has 4 nitrogen and oxygen atoms in total. The van der Waals surface area contributed by atoms with Crippen LogP contribution >= 0.6 is 0 Å². The Morgan fingerprint density at radius 1 is 1.38 bits per heavy atom. The van der Waals surface area contributed by atoms with Gasteiger partial charge in [-0.1, -0.05) is 25.5 Å². The maximum atomic E-state index is 10.5. The van der Waals surface area contributed by atoms with Crippen LogP contribution in [0.25, 0.3) is 0 Å². The van der Waals surface area contributed by atoms with Gasteiger partial charge in [0.2, 0.25) is 0 Å². The lowest BCUT2D eigenvalue weighted by atomic mass is 10.1. The number of aliphatic hydroxyl groups excluding tert-OH is 1. The molecule has 0 aliphatic carbocycles. The SMILES string of the molecule is CCCCOc1ccc(C(O)C(=O)O)cc1. The zero-order valence-electron chi connectivity index (χ0n) is 9.22. The van der Waals surface area contributed by atoms with E-state index in [2.05, 4.69) is 6.92 Å². The largest absolute Gasteiger partial charge is 0.494 e. The number of aliphatic carboxylic acids is 1. The normalized spacial score (nSPS) is 12.1. The molecule has 0 saturated carbocycles. The molecule has 4 heteroatoms. The summed E-state index contributed by atoms with van der Waals surface area (Å²) in [7, 11) is 0. The molecular weight excluding hydrogens is 208 g/mol. The van der Waals surface area contributed by atoms with E-state index in [1.807, 2.05) is 0 Å². The van der Waals surface area contributed by atoms with Crippen LogP contribution in [0, 0.1) is 0 Å². The summed E-state index contributed by atoms with van der Waals surface area (Å²) in [6.07, 6.45) is 0.583. The van der Waals surface area contributed by atoms with Crippen LogP contribution in [0.3, 0.4) is 0 Å². The minimum atomic E-state index is -1.47. The maximum Gasteiger partial charge on any atom is 0.337 e. The first-order valence-electron chi connectivity index (χ1n) is 5.28. The summed E-state index contributed by atoms with van der Waals surface area (Å²) in [4.78, 5) is 10.5. The molecule has 0 radical (unpaired) electrons. The van der Waals surface area contributed by atoms with Crippen LogP contribution in [0.2, 0.25) is 0 Å². The van der Waals surface area contributed by atoms with E-state index in [0.29, 0.717) is 17.9 Å². The average Bonchev–Trinajstić information content (AvgIpc) is 2.29. The third-order valence-corrected chi connectivity index (χ3v) is 2.20. The van der Waals surface area contributed by atoms with E-state index in [1.165, 1.54) is 0 Å². The van der Waals surface area contributed by atoms with Crippen molar-refractivity contribution in [1.82, 2.24) is 0 Å². The number of unbranched alkanes of at least 4 members (excludes halogenated alkanes) is 1. The van der Waals surface area contributed by atoms with Gasteiger partial charge in [-0.2, -0.15) is 0 Å². The summed E-state index contributed by atoms with van der Waals surface area (Å²) >= 11 is 0. The second-order valence-electron chi connectivity index (χ2n) is 3.51. The van der Waals surface area contributed by atoms with Crippen LogP contribution < -0.4 is 4.74 Å². The predicted octanol–water partition coefficient (Wildman–Crippen LogP) is 1.98. The Morgan fingerprint density at radius 2 is 2.00 bits per heavy atom. The molecule has 0 bridgehead atoms. The number of carbonyl (C=O) groups is 1. The van der Waals surface area contributed by atoms with Crippen LogP contribution in [-0.4, -0.2) is 22.8 Å². The molecule has 0 aromatic heterocycles. The molecule has 16 heavy (non-hydrogen) atoms. The Morgan fingerprint density at radius 3 is 2.50 bits per heavy atom. The van der Waals surface area contributed by atoms with Crippen LogP contribution in [0.4, 0.5) is 0 Å². The Kier molecular flexibility index (Phi) is 4.79. The number of hydrogen-bond acceptors (Lipinski definition) is 3. The third-order valence-electron chi connectivity index (χ3n) is 2.20. The molecule has 0 spiro atoms. The van der Waals surface area contributed by atoms with Crippen molar-refractivity contribution in [1.29, 1.82) is 0 Å². The molecule has 0 heterocycles. The van der Waals surface area contributed by atoms with Gasteiger partial charge in [0, 0.05) is 0 Å². The molecule has 1 atom stereocenters. The van der Waals surface area contributed by atoms with Crippen molar-refractivity contribution in [2.45, 2.75) is 25.9 Å². The Labute approximate surface area is 94.5 Å². The standard InChI is InChI=1S/C12H16O4/c1-2-3-8-16-10-6-4-9(5-7-10)11(13)12(14)15/h4-7,11,13H,2-3,8H2,1H3,(H,14,15). The molecule has 1 unspecified atom stereocenters. The average molecular weight is 224 g/mol. The Balaban J connectivity index is 2.57.